The fourth-order valence-electron chi connectivity index (χ4n) is 4.02. The van der Waals surface area contributed by atoms with Crippen LogP contribution in [0.1, 0.15) is 40.2 Å². The number of carbonyl (C=O) groups excluding carboxylic acids is 1. The number of rotatable bonds is 6. The van der Waals surface area contributed by atoms with E-state index in [0.717, 1.165) is 5.56 Å². The summed E-state index contributed by atoms with van der Waals surface area (Å²) < 4.78 is 1.49. The Morgan fingerprint density at radius 3 is 2.20 bits per heavy atom. The monoisotopic (exact) mass is 494 g/mol. The Balaban J connectivity index is 1.44. The Kier molecular flexibility index (Phi) is 7.30. The van der Waals surface area contributed by atoms with Crippen LogP contribution in [0.4, 0.5) is 5.95 Å². The summed E-state index contributed by atoms with van der Waals surface area (Å²) in [6.07, 6.45) is 3.48. The molecule has 1 amide bonds. The molecule has 0 spiro atoms. The molecule has 1 aromatic carbocycles. The van der Waals surface area contributed by atoms with Crippen molar-refractivity contribution in [1.29, 1.82) is 0 Å². The van der Waals surface area contributed by atoms with Gasteiger partial charge >= 0.3 is 0 Å². The van der Waals surface area contributed by atoms with Crippen molar-refractivity contribution in [3.8, 4) is 11.4 Å². The molecule has 10 heteroatoms. The van der Waals surface area contributed by atoms with Gasteiger partial charge in [0, 0.05) is 44.1 Å². The number of hydrogen-bond acceptors (Lipinski definition) is 8. The lowest BCUT2D eigenvalue weighted by Crippen LogP contribution is -2.52. The van der Waals surface area contributed by atoms with Gasteiger partial charge in [-0.1, -0.05) is 70.6 Å². The average molecular weight is 495 g/mol. The van der Waals surface area contributed by atoms with E-state index in [-0.39, 0.29) is 22.5 Å². The van der Waals surface area contributed by atoms with Crippen molar-refractivity contribution in [1.82, 2.24) is 29.7 Å². The third-order valence-electron chi connectivity index (χ3n) is 6.18. The van der Waals surface area contributed by atoms with Crippen LogP contribution in [0.2, 0.25) is 0 Å². The highest BCUT2D eigenvalue weighted by Gasteiger charge is 2.32. The normalized spacial score (nSPS) is 15.5. The molecule has 2 N–H and O–H groups in total. The molecule has 35 heavy (non-hydrogen) atoms. The summed E-state index contributed by atoms with van der Waals surface area (Å²) in [5.41, 5.74) is 2.20. The summed E-state index contributed by atoms with van der Waals surface area (Å²) in [7, 11) is 0. The molecule has 2 aromatic heterocycles. The molecule has 0 radical (unpaired) electrons. The Hall–Kier alpha value is -3.14. The Morgan fingerprint density at radius 1 is 1.00 bits per heavy atom. The number of nitrogens with zero attached hydrogens (tertiary/aromatic N) is 7. The molecule has 1 atom stereocenters. The highest BCUT2D eigenvalue weighted by atomic mass is 32.2. The SMILES string of the molecule is CC(C)[C@H](Sc1nnc(-c2ccc(C(C)(C)C)cc2)n1N)C(=O)N1CCN(c2ncccn2)CC1. The van der Waals surface area contributed by atoms with Crippen molar-refractivity contribution in [3.63, 3.8) is 0 Å². The largest absolute Gasteiger partial charge is 0.338 e. The second-order valence-electron chi connectivity index (χ2n) is 10.1. The van der Waals surface area contributed by atoms with Crippen LogP contribution < -0.4 is 10.7 Å². The van der Waals surface area contributed by atoms with E-state index in [1.807, 2.05) is 30.9 Å². The van der Waals surface area contributed by atoms with E-state index >= 15 is 0 Å². The number of thioether (sulfide) groups is 1. The van der Waals surface area contributed by atoms with Crippen molar-refractivity contribution >= 4 is 23.6 Å². The quantitative estimate of drug-likeness (QED) is 0.411. The van der Waals surface area contributed by atoms with Gasteiger partial charge in [-0.25, -0.2) is 14.6 Å². The summed E-state index contributed by atoms with van der Waals surface area (Å²) in [5.74, 6) is 7.88. The Labute approximate surface area is 211 Å². The van der Waals surface area contributed by atoms with E-state index in [9.17, 15) is 4.79 Å². The predicted molar refractivity (Wildman–Crippen MR) is 140 cm³/mol. The number of nitrogen functional groups attached to an aromatic ring is 1. The van der Waals surface area contributed by atoms with Gasteiger partial charge in [0.15, 0.2) is 5.82 Å². The lowest BCUT2D eigenvalue weighted by atomic mass is 9.87. The predicted octanol–water partition coefficient (Wildman–Crippen LogP) is 3.21. The van der Waals surface area contributed by atoms with Gasteiger partial charge in [0.2, 0.25) is 17.0 Å². The van der Waals surface area contributed by atoms with Crippen LogP contribution in [-0.4, -0.2) is 67.1 Å². The molecule has 1 aliphatic heterocycles. The van der Waals surface area contributed by atoms with Gasteiger partial charge < -0.3 is 15.6 Å². The molecule has 0 aliphatic carbocycles. The highest BCUT2D eigenvalue weighted by molar-refractivity contribution is 8.00. The molecule has 3 heterocycles. The molecule has 3 aromatic rings. The number of aromatic nitrogens is 5. The maximum Gasteiger partial charge on any atom is 0.236 e. The third-order valence-corrected chi connectivity index (χ3v) is 7.67. The first-order valence-corrected chi connectivity index (χ1v) is 12.8. The van der Waals surface area contributed by atoms with Crippen LogP contribution in [0.25, 0.3) is 11.4 Å². The van der Waals surface area contributed by atoms with Gasteiger partial charge in [0.05, 0.1) is 5.25 Å². The van der Waals surface area contributed by atoms with Gasteiger partial charge in [-0.05, 0) is 23.0 Å². The molecular formula is C25H34N8OS. The van der Waals surface area contributed by atoms with E-state index < -0.39 is 0 Å². The number of anilines is 1. The zero-order valence-corrected chi connectivity index (χ0v) is 21.9. The van der Waals surface area contributed by atoms with Gasteiger partial charge in [0.25, 0.3) is 0 Å². The van der Waals surface area contributed by atoms with Gasteiger partial charge in [-0.2, -0.15) is 0 Å². The standard InChI is InChI=1S/C25H34N8OS/c1-17(2)20(22(34)31-13-15-32(16-14-31)23-27-11-6-12-28-23)35-24-30-29-21(33(24)26)18-7-9-19(10-8-18)25(3,4)5/h6-12,17,20H,13-16,26H2,1-5H3/t20-/m0/s1. The van der Waals surface area contributed by atoms with Crippen LogP contribution in [0, 0.1) is 5.92 Å². The molecule has 4 rings (SSSR count). The van der Waals surface area contributed by atoms with E-state index in [4.69, 9.17) is 5.84 Å². The maximum absolute atomic E-state index is 13.5. The molecule has 9 nitrogen and oxygen atoms in total. The lowest BCUT2D eigenvalue weighted by molar-refractivity contribution is -0.131. The van der Waals surface area contributed by atoms with Gasteiger partial charge in [0.1, 0.15) is 0 Å². The van der Waals surface area contributed by atoms with Gasteiger partial charge in [-0.3, -0.25) is 4.79 Å². The van der Waals surface area contributed by atoms with E-state index in [0.29, 0.717) is 43.1 Å². The summed E-state index contributed by atoms with van der Waals surface area (Å²) >= 11 is 1.38. The van der Waals surface area contributed by atoms with Crippen molar-refractivity contribution in [2.45, 2.75) is 50.4 Å². The zero-order valence-electron chi connectivity index (χ0n) is 21.0. The van der Waals surface area contributed by atoms with E-state index in [2.05, 4.69) is 58.0 Å². The highest BCUT2D eigenvalue weighted by Crippen LogP contribution is 2.31. The van der Waals surface area contributed by atoms with Crippen LogP contribution in [0.15, 0.2) is 47.9 Å². The fourth-order valence-corrected chi connectivity index (χ4v) is 5.06. The minimum Gasteiger partial charge on any atom is -0.338 e. The number of amides is 1. The van der Waals surface area contributed by atoms with Crippen molar-refractivity contribution in [2.75, 3.05) is 36.9 Å². The first-order valence-electron chi connectivity index (χ1n) is 11.9. The molecule has 186 valence electrons. The Morgan fingerprint density at radius 2 is 1.63 bits per heavy atom. The van der Waals surface area contributed by atoms with Crippen molar-refractivity contribution in [2.24, 2.45) is 5.92 Å². The van der Waals surface area contributed by atoms with Crippen LogP contribution in [0.5, 0.6) is 0 Å². The van der Waals surface area contributed by atoms with E-state index in [1.165, 1.54) is 22.0 Å². The first kappa shape index (κ1) is 25.0. The maximum atomic E-state index is 13.5. The second kappa shape index (κ2) is 10.2. The van der Waals surface area contributed by atoms with Crippen LogP contribution in [-0.2, 0) is 10.2 Å². The summed E-state index contributed by atoms with van der Waals surface area (Å²) in [5, 5.41) is 8.87. The van der Waals surface area contributed by atoms with Crippen molar-refractivity contribution in [3.05, 3.63) is 48.3 Å². The van der Waals surface area contributed by atoms with Crippen LogP contribution in [0.3, 0.4) is 0 Å². The summed E-state index contributed by atoms with van der Waals surface area (Å²) in [6, 6.07) is 10.0. The summed E-state index contributed by atoms with van der Waals surface area (Å²) in [6.45, 7) is 13.3. The molecule has 1 fully saturated rings. The third kappa shape index (κ3) is 5.58. The lowest BCUT2D eigenvalue weighted by Gasteiger charge is -2.36. The Bertz CT molecular complexity index is 1130. The minimum atomic E-state index is -0.308. The molecule has 0 unspecified atom stereocenters. The smallest absolute Gasteiger partial charge is 0.236 e. The molecule has 1 aliphatic rings. The van der Waals surface area contributed by atoms with Crippen LogP contribution >= 0.6 is 11.8 Å². The minimum absolute atomic E-state index is 0.0698. The summed E-state index contributed by atoms with van der Waals surface area (Å²) in [4.78, 5) is 26.1. The molecule has 0 saturated carbocycles. The number of carbonyl (C=O) groups is 1. The zero-order chi connectivity index (χ0) is 25.2. The van der Waals surface area contributed by atoms with Crippen molar-refractivity contribution < 1.29 is 4.79 Å². The van der Waals surface area contributed by atoms with Gasteiger partial charge in [-0.15, -0.1) is 10.2 Å². The topological polar surface area (TPSA) is 106 Å². The second-order valence-corrected chi connectivity index (χ2v) is 11.3. The molecule has 0 bridgehead atoms. The van der Waals surface area contributed by atoms with E-state index in [1.54, 1.807) is 18.5 Å². The number of benzene rings is 1. The average Bonchev–Trinajstić information content (AvgIpc) is 3.22. The number of hydrogen-bond donors (Lipinski definition) is 1. The molecular weight excluding hydrogens is 460 g/mol. The first-order chi connectivity index (χ1) is 16.6. The number of piperazine rings is 1. The fraction of sp³-hybridized carbons (Fsp3) is 0.480. The number of nitrogens with two attached hydrogens (primary N) is 1. The molecule has 1 saturated heterocycles.